The zero-order chi connectivity index (χ0) is 20.5. The number of hydrogen-bond donors (Lipinski definition) is 1. The molecule has 2 aromatic rings. The summed E-state index contributed by atoms with van der Waals surface area (Å²) >= 11 is 0. The minimum absolute atomic E-state index is 0.0901. The first-order valence-electron chi connectivity index (χ1n) is 9.20. The average molecular weight is 380 g/mol. The van der Waals surface area contributed by atoms with E-state index in [1.807, 2.05) is 6.92 Å². The van der Waals surface area contributed by atoms with Crippen molar-refractivity contribution >= 4 is 17.4 Å². The maximum Gasteiger partial charge on any atom is 0.294 e. The highest BCUT2D eigenvalue weighted by Gasteiger charge is 2.46. The fraction of sp³-hybridized carbons (Fsp3) is 0.318. The van der Waals surface area contributed by atoms with E-state index in [9.17, 15) is 14.7 Å². The van der Waals surface area contributed by atoms with Crippen LogP contribution in [0.4, 0.5) is 5.69 Å². The minimum atomic E-state index is -0.759. The third-order valence-electron chi connectivity index (χ3n) is 4.54. The van der Waals surface area contributed by atoms with Crippen LogP contribution in [-0.4, -0.2) is 28.4 Å². The molecule has 1 aliphatic rings. The molecule has 1 N–H and O–H groups in total. The highest BCUT2D eigenvalue weighted by molar-refractivity contribution is 6.17. The number of anilines is 1. The van der Waals surface area contributed by atoms with E-state index in [2.05, 4.69) is 4.98 Å². The van der Waals surface area contributed by atoms with Gasteiger partial charge in [0.25, 0.3) is 5.91 Å². The molecule has 0 aliphatic carbocycles. The van der Waals surface area contributed by atoms with Crippen molar-refractivity contribution in [1.82, 2.24) is 4.98 Å². The van der Waals surface area contributed by atoms with E-state index in [1.54, 1.807) is 69.6 Å². The average Bonchev–Trinajstić information content (AvgIpc) is 2.93. The lowest BCUT2D eigenvalue weighted by molar-refractivity contribution is -0.123. The lowest BCUT2D eigenvalue weighted by Gasteiger charge is -2.28. The summed E-state index contributed by atoms with van der Waals surface area (Å²) in [4.78, 5) is 31.7. The zero-order valence-corrected chi connectivity index (χ0v) is 16.5. The highest BCUT2D eigenvalue weighted by Crippen LogP contribution is 2.43. The van der Waals surface area contributed by atoms with E-state index < -0.39 is 23.1 Å². The van der Waals surface area contributed by atoms with E-state index in [0.717, 1.165) is 0 Å². The number of hydrogen-bond acceptors (Lipinski definition) is 5. The van der Waals surface area contributed by atoms with Gasteiger partial charge in [0.05, 0.1) is 18.2 Å². The van der Waals surface area contributed by atoms with Crippen molar-refractivity contribution in [2.24, 2.45) is 5.41 Å². The van der Waals surface area contributed by atoms with Crippen molar-refractivity contribution in [3.63, 3.8) is 0 Å². The van der Waals surface area contributed by atoms with Gasteiger partial charge >= 0.3 is 0 Å². The topological polar surface area (TPSA) is 79.7 Å². The summed E-state index contributed by atoms with van der Waals surface area (Å²) in [7, 11) is 0. The fourth-order valence-electron chi connectivity index (χ4n) is 3.25. The number of aliphatic hydroxyl groups excluding tert-OH is 1. The largest absolute Gasteiger partial charge is 0.503 e. The van der Waals surface area contributed by atoms with Crippen LogP contribution in [0.1, 0.15) is 39.3 Å². The molecule has 6 nitrogen and oxygen atoms in total. The van der Waals surface area contributed by atoms with E-state index in [0.29, 0.717) is 23.6 Å². The first-order valence-corrected chi connectivity index (χ1v) is 9.20. The van der Waals surface area contributed by atoms with Crippen LogP contribution in [0.3, 0.4) is 0 Å². The molecule has 1 aromatic carbocycles. The number of aliphatic hydroxyl groups is 1. The van der Waals surface area contributed by atoms with Gasteiger partial charge in [0.2, 0.25) is 0 Å². The Labute approximate surface area is 164 Å². The Bertz CT molecular complexity index is 929. The quantitative estimate of drug-likeness (QED) is 0.848. The van der Waals surface area contributed by atoms with Gasteiger partial charge < -0.3 is 9.84 Å². The van der Waals surface area contributed by atoms with Gasteiger partial charge in [-0.2, -0.15) is 0 Å². The van der Waals surface area contributed by atoms with E-state index in [4.69, 9.17) is 4.74 Å². The Morgan fingerprint density at radius 2 is 2.00 bits per heavy atom. The number of aromatic nitrogens is 1. The third kappa shape index (κ3) is 3.50. The molecule has 0 spiro atoms. The molecule has 1 aliphatic heterocycles. The lowest BCUT2D eigenvalue weighted by Crippen LogP contribution is -2.32. The Morgan fingerprint density at radius 1 is 1.25 bits per heavy atom. The summed E-state index contributed by atoms with van der Waals surface area (Å²) in [5.41, 5.74) is 0.516. The maximum absolute atomic E-state index is 13.1. The molecule has 28 heavy (non-hydrogen) atoms. The Balaban J connectivity index is 2.16. The Morgan fingerprint density at radius 3 is 2.61 bits per heavy atom. The molecule has 0 saturated heterocycles. The third-order valence-corrected chi connectivity index (χ3v) is 4.54. The lowest BCUT2D eigenvalue weighted by atomic mass is 9.82. The van der Waals surface area contributed by atoms with Gasteiger partial charge in [-0.05, 0) is 30.7 Å². The summed E-state index contributed by atoms with van der Waals surface area (Å²) < 4.78 is 5.54. The minimum Gasteiger partial charge on any atom is -0.503 e. The van der Waals surface area contributed by atoms with Crippen molar-refractivity contribution in [3.8, 4) is 5.75 Å². The SMILES string of the molecule is CCOc1cccc(N2C(=O)C(O)=C(C(=O)C(C)(C)C)C2c2cccnc2)c1. The number of ketones is 1. The van der Waals surface area contributed by atoms with Crippen LogP contribution in [0.25, 0.3) is 0 Å². The van der Waals surface area contributed by atoms with Crippen molar-refractivity contribution < 1.29 is 19.4 Å². The van der Waals surface area contributed by atoms with Crippen LogP contribution < -0.4 is 9.64 Å². The summed E-state index contributed by atoms with van der Waals surface area (Å²) in [6, 6.07) is 9.81. The smallest absolute Gasteiger partial charge is 0.294 e. The van der Waals surface area contributed by atoms with E-state index in [-0.39, 0.29) is 11.4 Å². The van der Waals surface area contributed by atoms with E-state index >= 15 is 0 Å². The highest BCUT2D eigenvalue weighted by atomic mass is 16.5. The second-order valence-electron chi connectivity index (χ2n) is 7.64. The molecular weight excluding hydrogens is 356 g/mol. The monoisotopic (exact) mass is 380 g/mol. The molecule has 0 radical (unpaired) electrons. The second kappa shape index (κ2) is 7.46. The molecule has 2 heterocycles. The van der Waals surface area contributed by atoms with Crippen molar-refractivity contribution in [3.05, 3.63) is 65.7 Å². The van der Waals surface area contributed by atoms with Crippen molar-refractivity contribution in [2.45, 2.75) is 33.7 Å². The number of pyridine rings is 1. The van der Waals surface area contributed by atoms with Crippen LogP contribution in [0, 0.1) is 5.41 Å². The second-order valence-corrected chi connectivity index (χ2v) is 7.64. The first-order chi connectivity index (χ1) is 13.3. The number of rotatable bonds is 5. The van der Waals surface area contributed by atoms with Crippen LogP contribution >= 0.6 is 0 Å². The Hall–Kier alpha value is -3.15. The first kappa shape index (κ1) is 19.6. The van der Waals surface area contributed by atoms with Gasteiger partial charge in [0.1, 0.15) is 5.75 Å². The van der Waals surface area contributed by atoms with Gasteiger partial charge in [0.15, 0.2) is 11.5 Å². The van der Waals surface area contributed by atoms with Gasteiger partial charge in [0, 0.05) is 29.6 Å². The van der Waals surface area contributed by atoms with Gasteiger partial charge in [-0.3, -0.25) is 19.5 Å². The number of benzene rings is 1. The number of amides is 1. The molecule has 1 unspecified atom stereocenters. The molecule has 6 heteroatoms. The fourth-order valence-corrected chi connectivity index (χ4v) is 3.25. The molecule has 0 fully saturated rings. The normalized spacial score (nSPS) is 17.2. The number of carbonyl (C=O) groups is 2. The van der Waals surface area contributed by atoms with Crippen LogP contribution in [0.15, 0.2) is 60.1 Å². The summed E-state index contributed by atoms with van der Waals surface area (Å²) in [5.74, 6) is -0.811. The van der Waals surface area contributed by atoms with Gasteiger partial charge in [-0.15, -0.1) is 0 Å². The molecular formula is C22H24N2O4. The van der Waals surface area contributed by atoms with Crippen molar-refractivity contribution in [1.29, 1.82) is 0 Å². The van der Waals surface area contributed by atoms with Crippen LogP contribution in [0.5, 0.6) is 5.75 Å². The summed E-state index contributed by atoms with van der Waals surface area (Å²) in [5, 5.41) is 10.6. The number of Topliss-reactive ketones (excluding diaryl/α,β-unsaturated/α-hetero) is 1. The molecule has 146 valence electrons. The zero-order valence-electron chi connectivity index (χ0n) is 16.5. The van der Waals surface area contributed by atoms with Crippen LogP contribution in [0.2, 0.25) is 0 Å². The van der Waals surface area contributed by atoms with Crippen molar-refractivity contribution in [2.75, 3.05) is 11.5 Å². The molecule has 1 amide bonds. The Kier molecular flexibility index (Phi) is 5.23. The number of nitrogens with zero attached hydrogens (tertiary/aromatic N) is 2. The number of carbonyl (C=O) groups excluding carboxylic acids is 2. The predicted octanol–water partition coefficient (Wildman–Crippen LogP) is 4.00. The molecule has 1 atom stereocenters. The number of ether oxygens (including phenoxy) is 1. The molecule has 0 saturated carbocycles. The summed E-state index contributed by atoms with van der Waals surface area (Å²) in [6.07, 6.45) is 3.22. The molecule has 3 rings (SSSR count). The maximum atomic E-state index is 13.1. The van der Waals surface area contributed by atoms with Gasteiger partial charge in [-0.1, -0.05) is 32.9 Å². The van der Waals surface area contributed by atoms with Crippen LogP contribution in [-0.2, 0) is 9.59 Å². The molecule has 0 bridgehead atoms. The summed E-state index contributed by atoms with van der Waals surface area (Å²) in [6.45, 7) is 7.65. The molecule has 1 aromatic heterocycles. The van der Waals surface area contributed by atoms with E-state index in [1.165, 1.54) is 4.90 Å². The van der Waals surface area contributed by atoms with Gasteiger partial charge in [-0.25, -0.2) is 0 Å². The standard InChI is InChI=1S/C22H24N2O4/c1-5-28-16-10-6-9-15(12-16)24-18(14-8-7-11-23-13-14)17(19(25)21(24)27)20(26)22(2,3)4/h6-13,18,25H,5H2,1-4H3. The predicted molar refractivity (Wildman–Crippen MR) is 106 cm³/mol.